The Morgan fingerprint density at radius 2 is 1.93 bits per heavy atom. The summed E-state index contributed by atoms with van der Waals surface area (Å²) in [6, 6.07) is 1.58. The molecule has 0 aromatic carbocycles. The Morgan fingerprint density at radius 1 is 1.20 bits per heavy atom. The summed E-state index contributed by atoms with van der Waals surface area (Å²) in [5.41, 5.74) is 0. The van der Waals surface area contributed by atoms with Crippen LogP contribution in [-0.2, 0) is 0 Å². The minimum Gasteiger partial charge on any atom is -0.314 e. The van der Waals surface area contributed by atoms with Crippen LogP contribution in [0.1, 0.15) is 46.0 Å². The van der Waals surface area contributed by atoms with Gasteiger partial charge < -0.3 is 10.2 Å². The minimum atomic E-state index is 0.737. The third-order valence-corrected chi connectivity index (χ3v) is 4.10. The van der Waals surface area contributed by atoms with Crippen LogP contribution >= 0.6 is 0 Å². The van der Waals surface area contributed by atoms with Crippen LogP contribution < -0.4 is 5.32 Å². The van der Waals surface area contributed by atoms with Crippen LogP contribution in [0.15, 0.2) is 0 Å². The van der Waals surface area contributed by atoms with Gasteiger partial charge in [0.25, 0.3) is 0 Å². The molecule has 0 spiro atoms. The molecule has 1 heterocycles. The normalized spacial score (nSPS) is 29.4. The molecule has 15 heavy (non-hydrogen) atoms. The Morgan fingerprint density at radius 3 is 2.53 bits per heavy atom. The highest BCUT2D eigenvalue weighted by molar-refractivity contribution is 4.81. The molecule has 2 fully saturated rings. The fourth-order valence-corrected chi connectivity index (χ4v) is 2.96. The van der Waals surface area contributed by atoms with E-state index < -0.39 is 0 Å². The lowest BCUT2D eigenvalue weighted by atomic mass is 10.1. The van der Waals surface area contributed by atoms with Crippen molar-refractivity contribution >= 4 is 0 Å². The SMILES string of the molecule is CC(C)N1CCC(CNC2CCCC2)C1. The van der Waals surface area contributed by atoms with E-state index in [-0.39, 0.29) is 0 Å². The third kappa shape index (κ3) is 3.18. The number of rotatable bonds is 4. The second-order valence-electron chi connectivity index (χ2n) is 5.63. The highest BCUT2D eigenvalue weighted by atomic mass is 15.2. The van der Waals surface area contributed by atoms with Crippen LogP contribution in [0.3, 0.4) is 0 Å². The van der Waals surface area contributed by atoms with Gasteiger partial charge in [0.2, 0.25) is 0 Å². The number of hydrogen-bond donors (Lipinski definition) is 1. The molecule has 1 saturated carbocycles. The first-order chi connectivity index (χ1) is 7.25. The standard InChI is InChI=1S/C13H26N2/c1-11(2)15-8-7-12(10-15)9-14-13-5-3-4-6-13/h11-14H,3-10H2,1-2H3. The minimum absolute atomic E-state index is 0.737. The second kappa shape index (κ2) is 5.31. The smallest absolute Gasteiger partial charge is 0.00671 e. The Hall–Kier alpha value is -0.0800. The summed E-state index contributed by atoms with van der Waals surface area (Å²) in [6.45, 7) is 8.51. The largest absolute Gasteiger partial charge is 0.314 e. The second-order valence-corrected chi connectivity index (χ2v) is 5.63. The van der Waals surface area contributed by atoms with Crippen molar-refractivity contribution in [2.45, 2.75) is 58.0 Å². The van der Waals surface area contributed by atoms with Gasteiger partial charge in [0.15, 0.2) is 0 Å². The van der Waals surface area contributed by atoms with Gasteiger partial charge in [0.1, 0.15) is 0 Å². The molecule has 1 atom stereocenters. The fourth-order valence-electron chi connectivity index (χ4n) is 2.96. The van der Waals surface area contributed by atoms with Gasteiger partial charge in [0.05, 0.1) is 0 Å². The Labute approximate surface area is 94.4 Å². The Bertz CT molecular complexity index is 185. The van der Waals surface area contributed by atoms with Crippen molar-refractivity contribution in [3.05, 3.63) is 0 Å². The van der Waals surface area contributed by atoms with E-state index in [1.807, 2.05) is 0 Å². The molecule has 0 bridgehead atoms. The van der Waals surface area contributed by atoms with Gasteiger partial charge in [-0.3, -0.25) is 0 Å². The summed E-state index contributed by atoms with van der Waals surface area (Å²) in [5.74, 6) is 0.910. The zero-order valence-corrected chi connectivity index (χ0v) is 10.3. The highest BCUT2D eigenvalue weighted by Crippen LogP contribution is 2.21. The molecule has 88 valence electrons. The van der Waals surface area contributed by atoms with Crippen molar-refractivity contribution in [2.24, 2.45) is 5.92 Å². The number of nitrogens with zero attached hydrogens (tertiary/aromatic N) is 1. The van der Waals surface area contributed by atoms with Gasteiger partial charge in [-0.25, -0.2) is 0 Å². The molecule has 1 N–H and O–H groups in total. The molecule has 0 amide bonds. The molecule has 1 saturated heterocycles. The lowest BCUT2D eigenvalue weighted by Crippen LogP contribution is -2.34. The van der Waals surface area contributed by atoms with E-state index >= 15 is 0 Å². The number of nitrogens with one attached hydrogen (secondary N) is 1. The molecule has 0 aromatic heterocycles. The first-order valence-electron chi connectivity index (χ1n) is 6.73. The van der Waals surface area contributed by atoms with Gasteiger partial charge in [-0.2, -0.15) is 0 Å². The van der Waals surface area contributed by atoms with E-state index in [9.17, 15) is 0 Å². The summed E-state index contributed by atoms with van der Waals surface area (Å²) < 4.78 is 0. The van der Waals surface area contributed by atoms with Crippen molar-refractivity contribution in [1.29, 1.82) is 0 Å². The molecular weight excluding hydrogens is 184 g/mol. The molecule has 0 aromatic rings. The number of likely N-dealkylation sites (tertiary alicyclic amines) is 1. The average molecular weight is 210 g/mol. The Balaban J connectivity index is 1.64. The quantitative estimate of drug-likeness (QED) is 0.765. The summed E-state index contributed by atoms with van der Waals surface area (Å²) >= 11 is 0. The lowest BCUT2D eigenvalue weighted by Gasteiger charge is -2.21. The summed E-state index contributed by atoms with van der Waals surface area (Å²) in [7, 11) is 0. The van der Waals surface area contributed by atoms with E-state index in [0.717, 1.165) is 18.0 Å². The van der Waals surface area contributed by atoms with E-state index in [1.165, 1.54) is 51.7 Å². The van der Waals surface area contributed by atoms with Gasteiger partial charge in [-0.15, -0.1) is 0 Å². The molecule has 0 radical (unpaired) electrons. The lowest BCUT2D eigenvalue weighted by molar-refractivity contribution is 0.262. The Kier molecular flexibility index (Phi) is 4.04. The molecule has 2 aliphatic rings. The molecule has 1 unspecified atom stereocenters. The maximum absolute atomic E-state index is 3.76. The number of hydrogen-bond acceptors (Lipinski definition) is 2. The first kappa shape index (κ1) is 11.4. The van der Waals surface area contributed by atoms with Crippen LogP contribution in [0, 0.1) is 5.92 Å². The molecular formula is C13H26N2. The van der Waals surface area contributed by atoms with Crippen LogP contribution in [0.4, 0.5) is 0 Å². The highest BCUT2D eigenvalue weighted by Gasteiger charge is 2.25. The van der Waals surface area contributed by atoms with Crippen molar-refractivity contribution in [2.75, 3.05) is 19.6 Å². The molecule has 1 aliphatic heterocycles. The molecule has 2 heteroatoms. The third-order valence-electron chi connectivity index (χ3n) is 4.10. The van der Waals surface area contributed by atoms with Gasteiger partial charge in [-0.1, -0.05) is 12.8 Å². The van der Waals surface area contributed by atoms with Crippen molar-refractivity contribution in [3.8, 4) is 0 Å². The van der Waals surface area contributed by atoms with E-state index in [1.54, 1.807) is 0 Å². The zero-order chi connectivity index (χ0) is 10.7. The zero-order valence-electron chi connectivity index (χ0n) is 10.3. The van der Waals surface area contributed by atoms with Crippen molar-refractivity contribution < 1.29 is 0 Å². The van der Waals surface area contributed by atoms with E-state index in [4.69, 9.17) is 0 Å². The van der Waals surface area contributed by atoms with Crippen LogP contribution in [-0.4, -0.2) is 36.6 Å². The van der Waals surface area contributed by atoms with E-state index in [2.05, 4.69) is 24.1 Å². The molecule has 2 rings (SSSR count). The summed E-state index contributed by atoms with van der Waals surface area (Å²) in [4.78, 5) is 2.61. The van der Waals surface area contributed by atoms with Gasteiger partial charge >= 0.3 is 0 Å². The van der Waals surface area contributed by atoms with E-state index in [0.29, 0.717) is 0 Å². The van der Waals surface area contributed by atoms with Crippen molar-refractivity contribution in [3.63, 3.8) is 0 Å². The molecule has 2 nitrogen and oxygen atoms in total. The topological polar surface area (TPSA) is 15.3 Å². The van der Waals surface area contributed by atoms with Gasteiger partial charge in [0, 0.05) is 18.6 Å². The van der Waals surface area contributed by atoms with Crippen LogP contribution in [0.25, 0.3) is 0 Å². The predicted molar refractivity (Wildman–Crippen MR) is 65.1 cm³/mol. The first-order valence-corrected chi connectivity index (χ1v) is 6.73. The summed E-state index contributed by atoms with van der Waals surface area (Å²) in [5, 5.41) is 3.76. The summed E-state index contributed by atoms with van der Waals surface area (Å²) in [6.07, 6.45) is 7.13. The van der Waals surface area contributed by atoms with Crippen LogP contribution in [0.2, 0.25) is 0 Å². The maximum Gasteiger partial charge on any atom is 0.00671 e. The monoisotopic (exact) mass is 210 g/mol. The fraction of sp³-hybridized carbons (Fsp3) is 1.00. The maximum atomic E-state index is 3.76. The predicted octanol–water partition coefficient (Wildman–Crippen LogP) is 2.25. The molecule has 1 aliphatic carbocycles. The van der Waals surface area contributed by atoms with Crippen molar-refractivity contribution in [1.82, 2.24) is 10.2 Å². The average Bonchev–Trinajstić information content (AvgIpc) is 2.86. The van der Waals surface area contributed by atoms with Gasteiger partial charge in [-0.05, 0) is 52.1 Å². The van der Waals surface area contributed by atoms with Crippen LogP contribution in [0.5, 0.6) is 0 Å².